The molecule has 0 bridgehead atoms. The van der Waals surface area contributed by atoms with Gasteiger partial charge in [-0.15, -0.1) is 11.3 Å². The highest BCUT2D eigenvalue weighted by atomic mass is 32.1. The van der Waals surface area contributed by atoms with Crippen LogP contribution >= 0.6 is 11.3 Å². The molecule has 1 saturated heterocycles. The van der Waals surface area contributed by atoms with Gasteiger partial charge < -0.3 is 14.7 Å². The van der Waals surface area contributed by atoms with Crippen molar-refractivity contribution in [1.29, 1.82) is 0 Å². The van der Waals surface area contributed by atoms with E-state index in [9.17, 15) is 19.5 Å². The van der Waals surface area contributed by atoms with Crippen LogP contribution in [-0.2, 0) is 18.3 Å². The zero-order chi connectivity index (χ0) is 25.7. The number of hydrogen-bond acceptors (Lipinski definition) is 9. The highest BCUT2D eigenvalue weighted by Crippen LogP contribution is 2.32. The van der Waals surface area contributed by atoms with Crippen LogP contribution in [0.5, 0.6) is 5.88 Å². The minimum absolute atomic E-state index is 0.00339. The van der Waals surface area contributed by atoms with E-state index < -0.39 is 22.8 Å². The van der Waals surface area contributed by atoms with Gasteiger partial charge in [-0.05, 0) is 6.92 Å². The molecule has 0 amide bonds. The quantitative estimate of drug-likeness (QED) is 0.395. The zero-order valence-corrected chi connectivity index (χ0v) is 20.4. The summed E-state index contributed by atoms with van der Waals surface area (Å²) in [5.74, 6) is -1.97. The third kappa shape index (κ3) is 3.81. The summed E-state index contributed by atoms with van der Waals surface area (Å²) in [5, 5.41) is 15.7. The minimum atomic E-state index is -1.43. The molecule has 0 unspecified atom stereocenters. The number of ether oxygens (including phenoxy) is 1. The molecule has 0 radical (unpaired) electrons. The number of aromatic carboxylic acids is 1. The normalized spacial score (nSPS) is 13.7. The molecule has 186 valence electrons. The third-order valence-electron chi connectivity index (χ3n) is 6.24. The summed E-state index contributed by atoms with van der Waals surface area (Å²) in [6, 6.07) is 1.70. The maximum absolute atomic E-state index is 15.4. The average molecular weight is 513 g/mol. The van der Waals surface area contributed by atoms with Crippen LogP contribution in [0.2, 0.25) is 0 Å². The Morgan fingerprint density at radius 1 is 1.33 bits per heavy atom. The van der Waals surface area contributed by atoms with Gasteiger partial charge in [0.25, 0.3) is 0 Å². The van der Waals surface area contributed by atoms with E-state index in [0.29, 0.717) is 16.7 Å². The number of aryl methyl sites for hydroxylation is 2. The second-order valence-electron chi connectivity index (χ2n) is 8.48. The van der Waals surface area contributed by atoms with Gasteiger partial charge in [0.2, 0.25) is 11.3 Å². The number of rotatable bonds is 7. The minimum Gasteiger partial charge on any atom is -0.481 e. The van der Waals surface area contributed by atoms with Crippen LogP contribution in [0.1, 0.15) is 21.6 Å². The van der Waals surface area contributed by atoms with Crippen molar-refractivity contribution in [1.82, 2.24) is 24.3 Å². The molecule has 0 spiro atoms. The summed E-state index contributed by atoms with van der Waals surface area (Å²) in [7, 11) is 3.25. The Morgan fingerprint density at radius 3 is 2.69 bits per heavy atom. The number of ketones is 1. The summed E-state index contributed by atoms with van der Waals surface area (Å²) < 4.78 is 23.5. The summed E-state index contributed by atoms with van der Waals surface area (Å²) in [6.45, 7) is 1.93. The number of pyridine rings is 2. The van der Waals surface area contributed by atoms with Crippen LogP contribution in [0.25, 0.3) is 16.2 Å². The molecular formula is C23H21FN6O5S. The van der Waals surface area contributed by atoms with Crippen molar-refractivity contribution in [2.75, 3.05) is 25.1 Å². The lowest BCUT2D eigenvalue weighted by atomic mass is 9.92. The number of Topliss-reactive ketones (excluding diaryl/α,β-unsaturated/α-hetero) is 1. The third-order valence-corrected chi connectivity index (χ3v) is 7.01. The maximum atomic E-state index is 15.4. The summed E-state index contributed by atoms with van der Waals surface area (Å²) >= 11 is 1.22. The predicted molar refractivity (Wildman–Crippen MR) is 129 cm³/mol. The van der Waals surface area contributed by atoms with Gasteiger partial charge >= 0.3 is 5.97 Å². The maximum Gasteiger partial charge on any atom is 0.341 e. The van der Waals surface area contributed by atoms with E-state index in [1.54, 1.807) is 28.1 Å². The first-order valence-corrected chi connectivity index (χ1v) is 11.8. The van der Waals surface area contributed by atoms with E-state index in [1.807, 2.05) is 0 Å². The van der Waals surface area contributed by atoms with Gasteiger partial charge in [0, 0.05) is 49.5 Å². The van der Waals surface area contributed by atoms with Crippen molar-refractivity contribution in [3.05, 3.63) is 56.7 Å². The molecule has 36 heavy (non-hydrogen) atoms. The molecular weight excluding hydrogens is 491 g/mol. The molecule has 5 rings (SSSR count). The largest absolute Gasteiger partial charge is 0.481 e. The average Bonchev–Trinajstić information content (AvgIpc) is 3.45. The number of anilines is 1. The first-order valence-electron chi connectivity index (χ1n) is 10.9. The van der Waals surface area contributed by atoms with Crippen LogP contribution in [0.4, 0.5) is 10.2 Å². The molecule has 1 N–H and O–H groups in total. The topological polar surface area (TPSA) is 132 Å². The molecule has 11 nitrogen and oxygen atoms in total. The molecule has 5 heterocycles. The second-order valence-corrected chi connectivity index (χ2v) is 9.35. The van der Waals surface area contributed by atoms with Gasteiger partial charge in [-0.25, -0.2) is 23.8 Å². The zero-order valence-electron chi connectivity index (χ0n) is 19.6. The summed E-state index contributed by atoms with van der Waals surface area (Å²) in [4.78, 5) is 47.6. The van der Waals surface area contributed by atoms with Crippen molar-refractivity contribution >= 4 is 39.9 Å². The van der Waals surface area contributed by atoms with Crippen LogP contribution in [0.3, 0.4) is 0 Å². The molecule has 4 aromatic rings. The first kappa shape index (κ1) is 23.6. The smallest absolute Gasteiger partial charge is 0.341 e. The number of nitrogens with zero attached hydrogens (tertiary/aromatic N) is 6. The fourth-order valence-electron chi connectivity index (χ4n) is 4.28. The van der Waals surface area contributed by atoms with Crippen LogP contribution < -0.4 is 15.1 Å². The van der Waals surface area contributed by atoms with Crippen LogP contribution in [0, 0.1) is 18.7 Å². The number of carboxylic acid groups (broad SMARTS) is 1. The predicted octanol–water partition coefficient (Wildman–Crippen LogP) is 1.98. The number of aromatic nitrogens is 5. The number of carbonyl (C=O) groups excluding carboxylic acids is 1. The summed E-state index contributed by atoms with van der Waals surface area (Å²) in [6.07, 6.45) is 2.82. The number of thiazole rings is 1. The number of carboxylic acids is 1. The molecule has 0 atom stereocenters. The molecule has 13 heteroatoms. The Balaban J connectivity index is 1.48. The van der Waals surface area contributed by atoms with E-state index >= 15 is 4.39 Å². The van der Waals surface area contributed by atoms with E-state index in [0.717, 1.165) is 6.20 Å². The van der Waals surface area contributed by atoms with Gasteiger partial charge in [-0.1, -0.05) is 0 Å². The number of hydrogen-bond donors (Lipinski definition) is 1. The SMILES string of the molecule is COc1cc(CC(=O)C2CN(c3nc4c(c(C)c3F)c(=O)c(C(=O)O)cn4-c3nccs3)C2)nn1C. The highest BCUT2D eigenvalue weighted by molar-refractivity contribution is 7.12. The molecule has 1 fully saturated rings. The number of halogens is 1. The van der Waals surface area contributed by atoms with Crippen LogP contribution in [-0.4, -0.2) is 61.4 Å². The standard InChI is InChI=1S/C23H21FN6O5S/c1-11-17-19(32)14(22(33)34)10-30(23-25-4-5-36-23)20(17)26-21(18(11)24)29-8-12(9-29)15(31)6-13-7-16(35-3)28(2)27-13/h4-5,7,10,12H,6,8-9H2,1-3H3,(H,33,34). The number of fused-ring (bicyclic) bond motifs is 1. The fraction of sp³-hybridized carbons (Fsp3) is 0.304. The lowest BCUT2D eigenvalue weighted by molar-refractivity contribution is -0.123. The van der Waals surface area contributed by atoms with Crippen molar-refractivity contribution in [2.45, 2.75) is 13.3 Å². The molecule has 4 aromatic heterocycles. The Labute approximate surface area is 207 Å². The Bertz CT molecular complexity index is 1570. The van der Waals surface area contributed by atoms with Gasteiger partial charge in [0.15, 0.2) is 22.4 Å². The van der Waals surface area contributed by atoms with E-state index in [4.69, 9.17) is 4.74 Å². The van der Waals surface area contributed by atoms with Gasteiger partial charge in [0.1, 0.15) is 11.3 Å². The van der Waals surface area contributed by atoms with Crippen molar-refractivity contribution in [2.24, 2.45) is 13.0 Å². The summed E-state index contributed by atoms with van der Waals surface area (Å²) in [5.41, 5.74) is -0.642. The van der Waals surface area contributed by atoms with Crippen molar-refractivity contribution < 1.29 is 23.8 Å². The van der Waals surface area contributed by atoms with Gasteiger partial charge in [0.05, 0.1) is 30.5 Å². The molecule has 0 aromatic carbocycles. The number of methoxy groups -OCH3 is 1. The Kier molecular flexibility index (Phi) is 5.79. The highest BCUT2D eigenvalue weighted by Gasteiger charge is 2.36. The van der Waals surface area contributed by atoms with Crippen molar-refractivity contribution in [3.8, 4) is 11.0 Å². The van der Waals surface area contributed by atoms with Crippen molar-refractivity contribution in [3.63, 3.8) is 0 Å². The fourth-order valence-corrected chi connectivity index (χ4v) is 4.90. The van der Waals surface area contributed by atoms with Gasteiger partial charge in [-0.2, -0.15) is 5.10 Å². The first-order chi connectivity index (χ1) is 17.2. The Morgan fingerprint density at radius 2 is 2.08 bits per heavy atom. The van der Waals surface area contributed by atoms with E-state index in [1.165, 1.54) is 36.1 Å². The van der Waals surface area contributed by atoms with Crippen LogP contribution in [0.15, 0.2) is 28.6 Å². The molecule has 1 aliphatic rings. The van der Waals surface area contributed by atoms with E-state index in [2.05, 4.69) is 15.1 Å². The van der Waals surface area contributed by atoms with Gasteiger partial charge in [-0.3, -0.25) is 14.2 Å². The lowest BCUT2D eigenvalue weighted by Gasteiger charge is -2.39. The molecule has 0 saturated carbocycles. The van der Waals surface area contributed by atoms with E-state index in [-0.39, 0.29) is 53.6 Å². The number of carbonyl (C=O) groups is 2. The Hall–Kier alpha value is -4.13. The monoisotopic (exact) mass is 512 g/mol. The molecule has 0 aliphatic carbocycles. The lowest BCUT2D eigenvalue weighted by Crippen LogP contribution is -2.51. The molecule has 1 aliphatic heterocycles. The second kappa shape index (κ2) is 8.82.